The van der Waals surface area contributed by atoms with Crippen LogP contribution >= 0.6 is 11.8 Å². The Bertz CT molecular complexity index is 578. The van der Waals surface area contributed by atoms with Crippen LogP contribution in [0.15, 0.2) is 4.90 Å². The minimum absolute atomic E-state index is 0.0675. The van der Waals surface area contributed by atoms with Gasteiger partial charge in [0.05, 0.1) is 11.4 Å². The second-order valence-electron chi connectivity index (χ2n) is 5.38. The maximum atomic E-state index is 12.5. The number of aliphatic hydroxyl groups excluding tert-OH is 1. The van der Waals surface area contributed by atoms with E-state index >= 15 is 0 Å². The molecule has 2 rings (SSSR count). The zero-order chi connectivity index (χ0) is 15.5. The van der Waals surface area contributed by atoms with E-state index in [-0.39, 0.29) is 11.5 Å². The van der Waals surface area contributed by atoms with E-state index in [2.05, 4.69) is 9.82 Å². The first-order chi connectivity index (χ1) is 9.95. The lowest BCUT2D eigenvalue weighted by molar-refractivity contribution is 0.276. The number of aryl methyl sites for hydroxylation is 2. The molecule has 2 heterocycles. The highest BCUT2D eigenvalue weighted by Crippen LogP contribution is 2.24. The molecule has 6 nitrogen and oxygen atoms in total. The molecule has 0 bridgehead atoms. The van der Waals surface area contributed by atoms with Gasteiger partial charge in [-0.2, -0.15) is 16.9 Å². The highest BCUT2D eigenvalue weighted by Gasteiger charge is 2.26. The molecular weight excluding hydrogens is 310 g/mol. The fourth-order valence-corrected chi connectivity index (χ4v) is 5.36. The first kappa shape index (κ1) is 16.8. The predicted molar refractivity (Wildman–Crippen MR) is 84.0 cm³/mol. The second kappa shape index (κ2) is 7.13. The third-order valence-electron chi connectivity index (χ3n) is 3.70. The van der Waals surface area contributed by atoms with Crippen LogP contribution in [0.3, 0.4) is 0 Å². The molecule has 1 aromatic heterocycles. The molecule has 120 valence electrons. The largest absolute Gasteiger partial charge is 0.396 e. The molecule has 0 spiro atoms. The van der Waals surface area contributed by atoms with Gasteiger partial charge in [-0.3, -0.25) is 4.68 Å². The summed E-state index contributed by atoms with van der Waals surface area (Å²) in [4.78, 5) is 0.283. The van der Waals surface area contributed by atoms with Crippen molar-refractivity contribution in [2.75, 3.05) is 24.7 Å². The van der Waals surface area contributed by atoms with E-state index in [4.69, 9.17) is 5.11 Å². The standard InChI is InChI=1S/C13H23N3O3S2/c1-10-13(11(2)16(15-10)5-3-6-17)21(18,19)14-8-12-4-7-20-9-12/h12,14,17H,3-9H2,1-2H3. The van der Waals surface area contributed by atoms with E-state index in [1.807, 2.05) is 11.8 Å². The van der Waals surface area contributed by atoms with E-state index in [9.17, 15) is 8.42 Å². The summed E-state index contributed by atoms with van der Waals surface area (Å²) in [5, 5.41) is 13.2. The van der Waals surface area contributed by atoms with Crippen molar-refractivity contribution in [3.8, 4) is 0 Å². The third kappa shape index (κ3) is 4.00. The Balaban J connectivity index is 2.13. The number of nitrogens with zero attached hydrogens (tertiary/aromatic N) is 2. The summed E-state index contributed by atoms with van der Waals surface area (Å²) >= 11 is 1.87. The molecule has 8 heteroatoms. The van der Waals surface area contributed by atoms with Crippen molar-refractivity contribution < 1.29 is 13.5 Å². The summed E-state index contributed by atoms with van der Waals surface area (Å²) in [7, 11) is -3.52. The van der Waals surface area contributed by atoms with Crippen LogP contribution in [0.25, 0.3) is 0 Å². The van der Waals surface area contributed by atoms with Gasteiger partial charge in [0.25, 0.3) is 0 Å². The maximum absolute atomic E-state index is 12.5. The Labute approximate surface area is 130 Å². The first-order valence-corrected chi connectivity index (χ1v) is 9.81. The van der Waals surface area contributed by atoms with Gasteiger partial charge in [0, 0.05) is 19.7 Å². The molecule has 0 aromatic carbocycles. The lowest BCUT2D eigenvalue weighted by Gasteiger charge is -2.11. The zero-order valence-corrected chi connectivity index (χ0v) is 14.1. The average Bonchev–Trinajstić information content (AvgIpc) is 3.03. The minimum Gasteiger partial charge on any atom is -0.396 e. The number of aromatic nitrogens is 2. The van der Waals surface area contributed by atoms with Crippen LogP contribution in [0.1, 0.15) is 24.2 Å². The fourth-order valence-electron chi connectivity index (χ4n) is 2.55. The topological polar surface area (TPSA) is 84.2 Å². The minimum atomic E-state index is -3.52. The number of nitrogens with one attached hydrogen (secondary N) is 1. The number of sulfonamides is 1. The van der Waals surface area contributed by atoms with E-state index < -0.39 is 10.0 Å². The molecule has 1 saturated heterocycles. The molecule has 0 aliphatic carbocycles. The Kier molecular flexibility index (Phi) is 5.70. The van der Waals surface area contributed by atoms with Gasteiger partial charge in [0.15, 0.2) is 0 Å². The maximum Gasteiger partial charge on any atom is 0.244 e. The molecule has 1 aliphatic rings. The van der Waals surface area contributed by atoms with Gasteiger partial charge >= 0.3 is 0 Å². The Morgan fingerprint density at radius 2 is 2.24 bits per heavy atom. The van der Waals surface area contributed by atoms with Gasteiger partial charge in [-0.25, -0.2) is 13.1 Å². The van der Waals surface area contributed by atoms with Crippen molar-refractivity contribution >= 4 is 21.8 Å². The van der Waals surface area contributed by atoms with E-state index in [0.717, 1.165) is 17.9 Å². The summed E-state index contributed by atoms with van der Waals surface area (Å²) in [5.74, 6) is 2.56. The molecule has 21 heavy (non-hydrogen) atoms. The fraction of sp³-hybridized carbons (Fsp3) is 0.769. The molecule has 0 saturated carbocycles. The molecule has 1 aromatic rings. The van der Waals surface area contributed by atoms with Crippen LogP contribution in [0.4, 0.5) is 0 Å². The number of hydrogen-bond acceptors (Lipinski definition) is 5. The molecule has 0 radical (unpaired) electrons. The van der Waals surface area contributed by atoms with Crippen molar-refractivity contribution in [2.24, 2.45) is 5.92 Å². The van der Waals surface area contributed by atoms with Gasteiger partial charge in [0.2, 0.25) is 10.0 Å². The van der Waals surface area contributed by atoms with E-state index in [1.165, 1.54) is 0 Å². The van der Waals surface area contributed by atoms with Crippen LogP contribution < -0.4 is 4.72 Å². The highest BCUT2D eigenvalue weighted by atomic mass is 32.2. The quantitative estimate of drug-likeness (QED) is 0.775. The Morgan fingerprint density at radius 1 is 1.48 bits per heavy atom. The third-order valence-corrected chi connectivity index (χ3v) is 6.60. The molecule has 0 amide bonds. The SMILES string of the molecule is Cc1nn(CCCO)c(C)c1S(=O)(=O)NCC1CCSC1. The van der Waals surface area contributed by atoms with E-state index in [0.29, 0.717) is 36.8 Å². The molecule has 1 atom stereocenters. The summed E-state index contributed by atoms with van der Waals surface area (Å²) in [6.45, 7) is 4.56. The summed E-state index contributed by atoms with van der Waals surface area (Å²) in [6, 6.07) is 0. The van der Waals surface area contributed by atoms with Crippen molar-refractivity contribution in [3.05, 3.63) is 11.4 Å². The van der Waals surface area contributed by atoms with Crippen molar-refractivity contribution in [3.63, 3.8) is 0 Å². The van der Waals surface area contributed by atoms with Gasteiger partial charge in [-0.1, -0.05) is 0 Å². The van der Waals surface area contributed by atoms with Crippen molar-refractivity contribution in [1.82, 2.24) is 14.5 Å². The number of rotatable bonds is 7. The summed E-state index contributed by atoms with van der Waals surface area (Å²) < 4.78 is 29.4. The van der Waals surface area contributed by atoms with Crippen LogP contribution in [0, 0.1) is 19.8 Å². The Morgan fingerprint density at radius 3 is 2.86 bits per heavy atom. The van der Waals surface area contributed by atoms with Crippen molar-refractivity contribution in [1.29, 1.82) is 0 Å². The molecular formula is C13H23N3O3S2. The number of hydrogen-bond donors (Lipinski definition) is 2. The molecule has 1 unspecified atom stereocenters. The van der Waals surface area contributed by atoms with E-state index in [1.54, 1.807) is 18.5 Å². The summed E-state index contributed by atoms with van der Waals surface area (Å²) in [5.41, 5.74) is 1.15. The van der Waals surface area contributed by atoms with Gasteiger partial charge in [-0.15, -0.1) is 0 Å². The van der Waals surface area contributed by atoms with Gasteiger partial charge in [-0.05, 0) is 44.1 Å². The second-order valence-corrected chi connectivity index (χ2v) is 8.24. The van der Waals surface area contributed by atoms with Crippen LogP contribution in [-0.2, 0) is 16.6 Å². The van der Waals surface area contributed by atoms with Crippen LogP contribution in [0.2, 0.25) is 0 Å². The smallest absolute Gasteiger partial charge is 0.244 e. The lowest BCUT2D eigenvalue weighted by Crippen LogP contribution is -2.30. The highest BCUT2D eigenvalue weighted by molar-refractivity contribution is 7.99. The molecule has 1 fully saturated rings. The normalized spacial score (nSPS) is 19.3. The predicted octanol–water partition coefficient (Wildman–Crippen LogP) is 0.914. The zero-order valence-electron chi connectivity index (χ0n) is 12.5. The lowest BCUT2D eigenvalue weighted by atomic mass is 10.1. The van der Waals surface area contributed by atoms with Gasteiger partial charge in [0.1, 0.15) is 4.90 Å². The summed E-state index contributed by atoms with van der Waals surface area (Å²) in [6.07, 6.45) is 1.63. The monoisotopic (exact) mass is 333 g/mol. The molecule has 2 N–H and O–H groups in total. The number of aliphatic hydroxyl groups is 1. The average molecular weight is 333 g/mol. The first-order valence-electron chi connectivity index (χ1n) is 7.18. The molecule has 1 aliphatic heterocycles. The van der Waals surface area contributed by atoms with Crippen LogP contribution in [0.5, 0.6) is 0 Å². The van der Waals surface area contributed by atoms with Crippen LogP contribution in [-0.4, -0.2) is 48.0 Å². The van der Waals surface area contributed by atoms with Crippen molar-refractivity contribution in [2.45, 2.75) is 38.1 Å². The van der Waals surface area contributed by atoms with Gasteiger partial charge < -0.3 is 5.11 Å². The number of thioether (sulfide) groups is 1. The Hall–Kier alpha value is -0.570.